The Morgan fingerprint density at radius 2 is 2.07 bits per heavy atom. The number of nitrogens with one attached hydrogen (secondary N) is 1. The summed E-state index contributed by atoms with van der Waals surface area (Å²) >= 11 is 1.10. The average Bonchev–Trinajstić information content (AvgIpc) is 3.22. The Kier molecular flexibility index (Phi) is 7.61. The quantitative estimate of drug-likeness (QED) is 0.593. The lowest BCUT2D eigenvalue weighted by Crippen LogP contribution is -2.41. The van der Waals surface area contributed by atoms with Gasteiger partial charge in [0.1, 0.15) is 15.7 Å². The predicted molar refractivity (Wildman–Crippen MR) is 109 cm³/mol. The molecule has 0 aliphatic heterocycles. The Bertz CT molecular complexity index is 910. The van der Waals surface area contributed by atoms with Crippen molar-refractivity contribution < 1.29 is 22.7 Å². The second-order valence-corrected chi connectivity index (χ2v) is 9.03. The fourth-order valence-corrected chi connectivity index (χ4v) is 5.14. The summed E-state index contributed by atoms with van der Waals surface area (Å²) in [5.41, 5.74) is 0.728. The van der Waals surface area contributed by atoms with Crippen LogP contribution >= 0.6 is 11.3 Å². The van der Waals surface area contributed by atoms with Crippen molar-refractivity contribution in [2.45, 2.75) is 17.2 Å². The standard InChI is InChI=1S/C19H24N2O5S2/c1-5-10-21(28(23,24)19-7-6-11-27-19)13-18(22)20-14(2)16-12-15(25-3)8-9-17(16)26-4/h5-9,11-12,14H,1,10,13H2,2-4H3,(H,20,22). The maximum Gasteiger partial charge on any atom is 0.253 e. The highest BCUT2D eigenvalue weighted by Gasteiger charge is 2.27. The van der Waals surface area contributed by atoms with Crippen LogP contribution in [-0.2, 0) is 14.8 Å². The molecule has 9 heteroatoms. The van der Waals surface area contributed by atoms with E-state index in [1.807, 2.05) is 0 Å². The fraction of sp³-hybridized carbons (Fsp3) is 0.316. The number of ether oxygens (including phenoxy) is 2. The molecule has 2 aromatic rings. The second kappa shape index (κ2) is 9.72. The maximum absolute atomic E-state index is 12.7. The molecule has 1 unspecified atom stereocenters. The van der Waals surface area contributed by atoms with E-state index in [4.69, 9.17) is 9.47 Å². The first-order valence-electron chi connectivity index (χ1n) is 8.49. The van der Waals surface area contributed by atoms with Gasteiger partial charge in [0.05, 0.1) is 26.8 Å². The van der Waals surface area contributed by atoms with E-state index in [-0.39, 0.29) is 17.3 Å². The number of nitrogens with zero attached hydrogens (tertiary/aromatic N) is 1. The van der Waals surface area contributed by atoms with Gasteiger partial charge in [-0.05, 0) is 36.6 Å². The number of hydrogen-bond acceptors (Lipinski definition) is 6. The average molecular weight is 425 g/mol. The van der Waals surface area contributed by atoms with E-state index in [9.17, 15) is 13.2 Å². The summed E-state index contributed by atoms with van der Waals surface area (Å²) in [5, 5.41) is 4.49. The minimum absolute atomic E-state index is 0.0323. The van der Waals surface area contributed by atoms with Gasteiger partial charge < -0.3 is 14.8 Å². The number of hydrogen-bond donors (Lipinski definition) is 1. The van der Waals surface area contributed by atoms with E-state index >= 15 is 0 Å². The third kappa shape index (κ3) is 5.12. The van der Waals surface area contributed by atoms with E-state index in [1.165, 1.54) is 12.1 Å². The SMILES string of the molecule is C=CCN(CC(=O)NC(C)c1cc(OC)ccc1OC)S(=O)(=O)c1cccs1. The van der Waals surface area contributed by atoms with Crippen LogP contribution in [0.4, 0.5) is 0 Å². The van der Waals surface area contributed by atoms with Crippen LogP contribution in [0.15, 0.2) is 52.6 Å². The molecule has 1 aromatic heterocycles. The summed E-state index contributed by atoms with van der Waals surface area (Å²) < 4.78 is 37.3. The molecule has 1 aromatic carbocycles. The van der Waals surface area contributed by atoms with Crippen molar-refractivity contribution in [3.8, 4) is 11.5 Å². The van der Waals surface area contributed by atoms with Gasteiger partial charge in [-0.3, -0.25) is 4.79 Å². The van der Waals surface area contributed by atoms with Crippen LogP contribution in [0.2, 0.25) is 0 Å². The minimum Gasteiger partial charge on any atom is -0.497 e. The van der Waals surface area contributed by atoms with Crippen LogP contribution in [0.1, 0.15) is 18.5 Å². The molecule has 1 amide bonds. The van der Waals surface area contributed by atoms with Gasteiger partial charge in [-0.15, -0.1) is 17.9 Å². The number of carbonyl (C=O) groups excluding carboxylic acids is 1. The molecule has 0 radical (unpaired) electrons. The van der Waals surface area contributed by atoms with Crippen molar-refractivity contribution in [3.63, 3.8) is 0 Å². The number of carbonyl (C=O) groups is 1. The summed E-state index contributed by atoms with van der Waals surface area (Å²) in [7, 11) is -0.670. The smallest absolute Gasteiger partial charge is 0.253 e. The van der Waals surface area contributed by atoms with Crippen LogP contribution in [-0.4, -0.2) is 45.9 Å². The van der Waals surface area contributed by atoms with Crippen LogP contribution in [0, 0.1) is 0 Å². The maximum atomic E-state index is 12.7. The number of methoxy groups -OCH3 is 2. The first kappa shape index (κ1) is 21.9. The molecule has 0 bridgehead atoms. The number of rotatable bonds is 10. The van der Waals surface area contributed by atoms with Crippen molar-refractivity contribution in [3.05, 3.63) is 53.9 Å². The summed E-state index contributed by atoms with van der Waals surface area (Å²) in [6, 6.07) is 8.04. The van der Waals surface area contributed by atoms with Crippen LogP contribution in [0.25, 0.3) is 0 Å². The number of benzene rings is 1. The van der Waals surface area contributed by atoms with Gasteiger partial charge in [0.25, 0.3) is 10.0 Å². The monoisotopic (exact) mass is 424 g/mol. The summed E-state index contributed by atoms with van der Waals surface area (Å²) in [4.78, 5) is 12.6. The molecule has 1 atom stereocenters. The van der Waals surface area contributed by atoms with Crippen LogP contribution < -0.4 is 14.8 Å². The molecule has 0 aliphatic rings. The first-order valence-corrected chi connectivity index (χ1v) is 10.8. The van der Waals surface area contributed by atoms with E-state index in [0.717, 1.165) is 21.2 Å². The molecule has 152 valence electrons. The zero-order valence-corrected chi connectivity index (χ0v) is 17.7. The first-order chi connectivity index (χ1) is 13.3. The summed E-state index contributed by atoms with van der Waals surface area (Å²) in [5.74, 6) is 0.799. The largest absolute Gasteiger partial charge is 0.497 e. The topological polar surface area (TPSA) is 84.9 Å². The molecule has 1 heterocycles. The van der Waals surface area contributed by atoms with Crippen molar-refractivity contribution >= 4 is 27.3 Å². The minimum atomic E-state index is -3.76. The molecule has 0 spiro atoms. The highest BCUT2D eigenvalue weighted by Crippen LogP contribution is 2.29. The Labute approximate surface area is 169 Å². The van der Waals surface area contributed by atoms with Gasteiger partial charge in [-0.25, -0.2) is 8.42 Å². The molecular weight excluding hydrogens is 400 g/mol. The Morgan fingerprint density at radius 3 is 2.64 bits per heavy atom. The summed E-state index contributed by atoms with van der Waals surface area (Å²) in [6.07, 6.45) is 1.45. The molecule has 28 heavy (non-hydrogen) atoms. The Morgan fingerprint density at radius 1 is 1.32 bits per heavy atom. The van der Waals surface area contributed by atoms with Crippen molar-refractivity contribution in [1.29, 1.82) is 0 Å². The van der Waals surface area contributed by atoms with Gasteiger partial charge in [0.15, 0.2) is 0 Å². The van der Waals surface area contributed by atoms with E-state index < -0.39 is 22.0 Å². The Balaban J connectivity index is 2.16. The lowest BCUT2D eigenvalue weighted by Gasteiger charge is -2.22. The van der Waals surface area contributed by atoms with Crippen molar-refractivity contribution in [2.24, 2.45) is 0 Å². The molecule has 0 saturated heterocycles. The molecule has 0 saturated carbocycles. The summed E-state index contributed by atoms with van der Waals surface area (Å²) in [6.45, 7) is 5.10. The zero-order chi connectivity index (χ0) is 20.7. The van der Waals surface area contributed by atoms with Crippen LogP contribution in [0.5, 0.6) is 11.5 Å². The predicted octanol–water partition coefficient (Wildman–Crippen LogP) is 2.82. The lowest BCUT2D eigenvalue weighted by atomic mass is 10.1. The van der Waals surface area contributed by atoms with Gasteiger partial charge >= 0.3 is 0 Å². The number of amides is 1. The van der Waals surface area contributed by atoms with Gasteiger partial charge in [0, 0.05) is 12.1 Å². The molecule has 7 nitrogen and oxygen atoms in total. The van der Waals surface area contributed by atoms with Gasteiger partial charge in [0.2, 0.25) is 5.91 Å². The number of thiophene rings is 1. The zero-order valence-electron chi connectivity index (χ0n) is 16.0. The lowest BCUT2D eigenvalue weighted by molar-refractivity contribution is -0.121. The molecule has 0 aliphatic carbocycles. The molecule has 0 fully saturated rings. The number of sulfonamides is 1. The van der Waals surface area contributed by atoms with Crippen molar-refractivity contribution in [2.75, 3.05) is 27.3 Å². The van der Waals surface area contributed by atoms with Gasteiger partial charge in [-0.2, -0.15) is 4.31 Å². The highest BCUT2D eigenvalue weighted by molar-refractivity contribution is 7.91. The fourth-order valence-electron chi connectivity index (χ4n) is 2.63. The van der Waals surface area contributed by atoms with E-state index in [1.54, 1.807) is 50.8 Å². The van der Waals surface area contributed by atoms with E-state index in [2.05, 4.69) is 11.9 Å². The molecule has 1 N–H and O–H groups in total. The van der Waals surface area contributed by atoms with E-state index in [0.29, 0.717) is 11.5 Å². The Hall–Kier alpha value is -2.36. The van der Waals surface area contributed by atoms with Crippen LogP contribution in [0.3, 0.4) is 0 Å². The molecule has 2 rings (SSSR count). The second-order valence-electron chi connectivity index (χ2n) is 5.92. The van der Waals surface area contributed by atoms with Gasteiger partial charge in [-0.1, -0.05) is 12.1 Å². The highest BCUT2D eigenvalue weighted by atomic mass is 32.2. The third-order valence-electron chi connectivity index (χ3n) is 4.02. The van der Waals surface area contributed by atoms with Crippen molar-refractivity contribution in [1.82, 2.24) is 9.62 Å². The molecular formula is C19H24N2O5S2. The normalized spacial score (nSPS) is 12.4. The third-order valence-corrected chi connectivity index (χ3v) is 7.21.